The molecule has 24 heavy (non-hydrogen) atoms. The van der Waals surface area contributed by atoms with Crippen molar-refractivity contribution in [3.05, 3.63) is 51.5 Å². The highest BCUT2D eigenvalue weighted by Crippen LogP contribution is 2.42. The maximum atomic E-state index is 11.7. The van der Waals surface area contributed by atoms with Gasteiger partial charge in [0.25, 0.3) is 0 Å². The summed E-state index contributed by atoms with van der Waals surface area (Å²) in [6.45, 7) is 9.90. The van der Waals surface area contributed by atoms with Gasteiger partial charge in [-0.2, -0.15) is 0 Å². The highest BCUT2D eigenvalue weighted by atomic mass is 32.1. The lowest BCUT2D eigenvalue weighted by atomic mass is 9.87. The fraction of sp³-hybridized carbons (Fsp3) is 0.300. The monoisotopic (exact) mass is 339 g/mol. The van der Waals surface area contributed by atoms with Crippen LogP contribution in [0.1, 0.15) is 40.1 Å². The predicted molar refractivity (Wildman–Crippen MR) is 100 cm³/mol. The second-order valence-corrected chi connectivity index (χ2v) is 7.58. The number of aliphatic carboxylic acids is 1. The average Bonchev–Trinajstić information content (AvgIpc) is 2.80. The molecular weight excluding hydrogens is 318 g/mol. The third kappa shape index (κ3) is 2.61. The number of pyridine rings is 1. The van der Waals surface area contributed by atoms with Crippen LogP contribution in [-0.2, 0) is 4.79 Å². The van der Waals surface area contributed by atoms with Crippen LogP contribution in [0, 0.1) is 27.7 Å². The number of carboxylic acid groups (broad SMARTS) is 1. The summed E-state index contributed by atoms with van der Waals surface area (Å²) in [7, 11) is 0. The van der Waals surface area contributed by atoms with E-state index in [9.17, 15) is 9.90 Å². The van der Waals surface area contributed by atoms with Crippen molar-refractivity contribution in [2.45, 2.75) is 40.5 Å². The Kier molecular flexibility index (Phi) is 4.18. The maximum Gasteiger partial charge on any atom is 0.310 e. The van der Waals surface area contributed by atoms with E-state index < -0.39 is 11.9 Å². The van der Waals surface area contributed by atoms with Gasteiger partial charge < -0.3 is 5.11 Å². The van der Waals surface area contributed by atoms with Crippen molar-refractivity contribution >= 4 is 27.5 Å². The van der Waals surface area contributed by atoms with Crippen molar-refractivity contribution in [1.29, 1.82) is 0 Å². The van der Waals surface area contributed by atoms with E-state index in [0.717, 1.165) is 32.6 Å². The molecule has 1 atom stereocenters. The number of nitrogens with zero attached hydrogens (tertiary/aromatic N) is 1. The zero-order chi connectivity index (χ0) is 17.6. The normalized spacial score (nSPS) is 12.5. The summed E-state index contributed by atoms with van der Waals surface area (Å²) in [6, 6.07) is 8.30. The second-order valence-electron chi connectivity index (χ2n) is 6.38. The minimum Gasteiger partial charge on any atom is -0.481 e. The summed E-state index contributed by atoms with van der Waals surface area (Å²) in [5.74, 6) is -1.42. The first-order chi connectivity index (χ1) is 11.3. The first-order valence-corrected chi connectivity index (χ1v) is 8.83. The van der Waals surface area contributed by atoms with Gasteiger partial charge in [0.2, 0.25) is 0 Å². The number of aromatic nitrogens is 1. The minimum absolute atomic E-state index is 0.599. The van der Waals surface area contributed by atoms with E-state index in [1.165, 1.54) is 16.0 Å². The van der Waals surface area contributed by atoms with E-state index in [1.54, 1.807) is 18.3 Å². The molecule has 0 aliphatic rings. The number of thiophene rings is 1. The molecule has 0 bridgehead atoms. The molecular formula is C20H21NO2S. The zero-order valence-electron chi connectivity index (χ0n) is 14.6. The Balaban J connectivity index is 2.47. The van der Waals surface area contributed by atoms with Gasteiger partial charge in [-0.15, -0.1) is 11.3 Å². The van der Waals surface area contributed by atoms with Gasteiger partial charge in [0.1, 0.15) is 4.83 Å². The van der Waals surface area contributed by atoms with Gasteiger partial charge >= 0.3 is 5.97 Å². The van der Waals surface area contributed by atoms with Gasteiger partial charge in [0.05, 0.1) is 5.92 Å². The summed E-state index contributed by atoms with van der Waals surface area (Å²) in [4.78, 5) is 18.6. The number of hydrogen-bond donors (Lipinski definition) is 1. The van der Waals surface area contributed by atoms with E-state index in [4.69, 9.17) is 4.98 Å². The summed E-state index contributed by atoms with van der Waals surface area (Å²) >= 11 is 1.68. The largest absolute Gasteiger partial charge is 0.481 e. The van der Waals surface area contributed by atoms with E-state index in [1.807, 2.05) is 6.92 Å². The molecule has 0 saturated heterocycles. The predicted octanol–water partition coefficient (Wildman–Crippen LogP) is 5.39. The Hall–Kier alpha value is -2.20. The number of carboxylic acids is 1. The molecule has 0 radical (unpaired) electrons. The average molecular weight is 339 g/mol. The van der Waals surface area contributed by atoms with Gasteiger partial charge in [-0.3, -0.25) is 4.79 Å². The van der Waals surface area contributed by atoms with Crippen LogP contribution in [-0.4, -0.2) is 16.1 Å². The molecule has 0 amide bonds. The van der Waals surface area contributed by atoms with Crippen LogP contribution in [0.2, 0.25) is 0 Å². The molecule has 0 aliphatic carbocycles. The number of carbonyl (C=O) groups is 1. The number of fused-ring (bicyclic) bond motifs is 1. The van der Waals surface area contributed by atoms with Gasteiger partial charge in [-0.05, 0) is 56.9 Å². The highest BCUT2D eigenvalue weighted by Gasteiger charge is 2.25. The number of aryl methyl sites for hydroxylation is 4. The topological polar surface area (TPSA) is 50.2 Å². The van der Waals surface area contributed by atoms with Crippen LogP contribution in [0.4, 0.5) is 0 Å². The third-order valence-electron chi connectivity index (χ3n) is 4.69. The Morgan fingerprint density at radius 3 is 2.33 bits per heavy atom. The van der Waals surface area contributed by atoms with Crippen molar-refractivity contribution in [2.75, 3.05) is 0 Å². The molecule has 2 heterocycles. The quantitative estimate of drug-likeness (QED) is 0.696. The van der Waals surface area contributed by atoms with Gasteiger partial charge in [0, 0.05) is 16.0 Å². The number of benzene rings is 1. The smallest absolute Gasteiger partial charge is 0.310 e. The van der Waals surface area contributed by atoms with Gasteiger partial charge in [-0.25, -0.2) is 4.98 Å². The molecule has 3 aromatic rings. The lowest BCUT2D eigenvalue weighted by Gasteiger charge is -2.18. The molecule has 0 spiro atoms. The van der Waals surface area contributed by atoms with Gasteiger partial charge in [-0.1, -0.05) is 29.8 Å². The van der Waals surface area contributed by atoms with E-state index >= 15 is 0 Å². The third-order valence-corrected chi connectivity index (χ3v) is 5.79. The maximum absolute atomic E-state index is 11.7. The summed E-state index contributed by atoms with van der Waals surface area (Å²) < 4.78 is 0. The standard InChI is InChI=1S/C20H21NO2S/c1-10-6-8-15(9-7-10)18-16(12(3)20(22)23)13(4)21-19-17(18)11(2)14(5)24-19/h6-9,12H,1-5H3,(H,22,23). The van der Waals surface area contributed by atoms with Crippen LogP contribution < -0.4 is 0 Å². The summed E-state index contributed by atoms with van der Waals surface area (Å²) in [5.41, 5.74) is 6.08. The SMILES string of the molecule is Cc1ccc(-c2c(C(C)C(=O)O)c(C)nc3sc(C)c(C)c23)cc1. The lowest BCUT2D eigenvalue weighted by Crippen LogP contribution is -2.12. The fourth-order valence-corrected chi connectivity index (χ4v) is 4.27. The van der Waals surface area contributed by atoms with E-state index in [-0.39, 0.29) is 0 Å². The molecule has 2 aromatic heterocycles. The van der Waals surface area contributed by atoms with Crippen molar-refractivity contribution in [1.82, 2.24) is 4.98 Å². The molecule has 3 rings (SSSR count). The summed E-state index contributed by atoms with van der Waals surface area (Å²) in [5, 5.41) is 10.7. The van der Waals surface area contributed by atoms with Crippen LogP contribution in [0.25, 0.3) is 21.3 Å². The summed E-state index contributed by atoms with van der Waals surface area (Å²) in [6.07, 6.45) is 0. The molecule has 4 heteroatoms. The first kappa shape index (κ1) is 16.7. The highest BCUT2D eigenvalue weighted by molar-refractivity contribution is 7.18. The molecule has 124 valence electrons. The Morgan fingerprint density at radius 1 is 1.12 bits per heavy atom. The zero-order valence-corrected chi connectivity index (χ0v) is 15.4. The minimum atomic E-state index is -0.822. The molecule has 0 saturated carbocycles. The molecule has 3 nitrogen and oxygen atoms in total. The van der Waals surface area contributed by atoms with Crippen LogP contribution in [0.3, 0.4) is 0 Å². The molecule has 0 fully saturated rings. The van der Waals surface area contributed by atoms with Crippen molar-refractivity contribution in [3.8, 4) is 11.1 Å². The van der Waals surface area contributed by atoms with Crippen LogP contribution >= 0.6 is 11.3 Å². The molecule has 1 aromatic carbocycles. The van der Waals surface area contributed by atoms with Crippen molar-refractivity contribution in [2.24, 2.45) is 0 Å². The van der Waals surface area contributed by atoms with Crippen LogP contribution in [0.5, 0.6) is 0 Å². The number of hydrogen-bond acceptors (Lipinski definition) is 3. The molecule has 1 unspecified atom stereocenters. The van der Waals surface area contributed by atoms with Crippen molar-refractivity contribution in [3.63, 3.8) is 0 Å². The number of rotatable bonds is 3. The van der Waals surface area contributed by atoms with Crippen molar-refractivity contribution < 1.29 is 9.90 Å². The Labute approximate surface area is 146 Å². The fourth-order valence-electron chi connectivity index (χ4n) is 3.18. The molecule has 0 aliphatic heterocycles. The Morgan fingerprint density at radius 2 is 1.75 bits per heavy atom. The first-order valence-electron chi connectivity index (χ1n) is 8.01. The van der Waals surface area contributed by atoms with Crippen LogP contribution in [0.15, 0.2) is 24.3 Å². The van der Waals surface area contributed by atoms with E-state index in [2.05, 4.69) is 45.0 Å². The second kappa shape index (κ2) is 6.02. The lowest BCUT2D eigenvalue weighted by molar-refractivity contribution is -0.138. The van der Waals surface area contributed by atoms with Gasteiger partial charge in [0.15, 0.2) is 0 Å². The Bertz CT molecular complexity index is 939. The molecule has 1 N–H and O–H groups in total. The van der Waals surface area contributed by atoms with E-state index in [0.29, 0.717) is 0 Å².